The maximum absolute atomic E-state index is 14.7. The molecule has 1 aromatic carbocycles. The maximum Gasteiger partial charge on any atom is 1.00 e. The topological polar surface area (TPSA) is 304 Å². The van der Waals surface area contributed by atoms with E-state index in [0.717, 1.165) is 18.4 Å². The second kappa shape index (κ2) is 31.1. The molecule has 8 aliphatic heterocycles. The molecule has 0 aromatic heterocycles. The minimum atomic E-state index is -2.16. The van der Waals surface area contributed by atoms with Gasteiger partial charge < -0.3 is 78.4 Å². The molecule has 9 aliphatic rings. The molecular formula is C80H115NaO20. The summed E-state index contributed by atoms with van der Waals surface area (Å²) in [6.07, 6.45) is 18.3. The van der Waals surface area contributed by atoms with Crippen molar-refractivity contribution in [3.8, 4) is 17.2 Å². The molecule has 0 amide bonds. The Morgan fingerprint density at radius 2 is 1.47 bits per heavy atom. The number of phenolic OH excluding ortho intramolecular Hbond substituents is 1. The van der Waals surface area contributed by atoms with Gasteiger partial charge in [0.05, 0.1) is 59.0 Å². The zero-order valence-electron chi connectivity index (χ0n) is 63.5. The predicted octanol–water partition coefficient (Wildman–Crippen LogP) is 9.37. The predicted molar refractivity (Wildman–Crippen MR) is 374 cm³/mol. The number of benzene rings is 1. The third kappa shape index (κ3) is 15.2. The molecule has 3 spiro atoms. The molecule has 8 heterocycles. The summed E-state index contributed by atoms with van der Waals surface area (Å²) in [5, 5.41) is 78.4. The second-order valence-electron chi connectivity index (χ2n) is 32.4. The number of carboxylic acids is 3. The van der Waals surface area contributed by atoms with Crippen molar-refractivity contribution in [2.24, 2.45) is 47.3 Å². The second-order valence-corrected chi connectivity index (χ2v) is 32.4. The van der Waals surface area contributed by atoms with E-state index < -0.39 is 129 Å². The first kappa shape index (κ1) is 82.1. The van der Waals surface area contributed by atoms with Gasteiger partial charge in [-0.1, -0.05) is 90.8 Å². The van der Waals surface area contributed by atoms with Gasteiger partial charge in [-0.25, -0.2) is 9.59 Å². The third-order valence-electron chi connectivity index (χ3n) is 24.5. The van der Waals surface area contributed by atoms with Gasteiger partial charge in [0, 0.05) is 71.0 Å². The number of phenols is 1. The minimum Gasteiger partial charge on any atom is -0.550 e. The molecule has 0 bridgehead atoms. The van der Waals surface area contributed by atoms with Gasteiger partial charge in [-0.2, -0.15) is 0 Å². The number of ether oxygens (including phenoxy) is 8. The van der Waals surface area contributed by atoms with Gasteiger partial charge in [0.2, 0.25) is 11.4 Å². The molecule has 22 unspecified atom stereocenters. The number of rotatable bonds is 21. The number of aromatic hydroxyl groups is 1. The smallest absolute Gasteiger partial charge is 0.550 e. The molecule has 0 saturated carbocycles. The number of fused-ring (bicyclic) bond motifs is 2. The number of aliphatic hydroxyl groups is 3. The van der Waals surface area contributed by atoms with Crippen LogP contribution in [0.3, 0.4) is 0 Å². The van der Waals surface area contributed by atoms with E-state index in [1.54, 1.807) is 45.1 Å². The Kier molecular flexibility index (Phi) is 25.3. The van der Waals surface area contributed by atoms with Crippen molar-refractivity contribution in [2.45, 2.75) is 315 Å². The number of hydrogen-bond donors (Lipinski definition) is 6. The van der Waals surface area contributed by atoms with Crippen molar-refractivity contribution in [1.29, 1.82) is 0 Å². The Balaban J connectivity index is 0.000000256. The van der Waals surface area contributed by atoms with Crippen LogP contribution in [0, 0.1) is 47.3 Å². The Morgan fingerprint density at radius 1 is 0.792 bits per heavy atom. The molecule has 1 aromatic rings. The first-order chi connectivity index (χ1) is 46.7. The number of carboxylic acid groups (broad SMARTS) is 3. The largest absolute Gasteiger partial charge is 1.00 e. The summed E-state index contributed by atoms with van der Waals surface area (Å²) < 4.78 is 53.7. The monoisotopic (exact) mass is 1420 g/mol. The minimum absolute atomic E-state index is 0. The first-order valence-electron chi connectivity index (χ1n) is 37.0. The van der Waals surface area contributed by atoms with Crippen LogP contribution >= 0.6 is 0 Å². The fraction of sp³-hybridized carbons (Fsp3) is 0.713. The maximum atomic E-state index is 14.7. The van der Waals surface area contributed by atoms with Crippen LogP contribution in [0.1, 0.15) is 242 Å². The number of aliphatic carboxylic acids is 3. The van der Waals surface area contributed by atoms with Crippen LogP contribution in [0.4, 0.5) is 0 Å². The van der Waals surface area contributed by atoms with E-state index in [-0.39, 0.29) is 99.9 Å². The molecule has 1 aliphatic carbocycles. The summed E-state index contributed by atoms with van der Waals surface area (Å²) in [7, 11) is 0. The molecule has 5 fully saturated rings. The van der Waals surface area contributed by atoms with Crippen LogP contribution in [-0.4, -0.2) is 148 Å². The Labute approximate surface area is 620 Å². The van der Waals surface area contributed by atoms with E-state index in [2.05, 4.69) is 26.8 Å². The van der Waals surface area contributed by atoms with Crippen molar-refractivity contribution >= 4 is 35.6 Å². The molecule has 22 atom stereocenters. The molecule has 5 saturated heterocycles. The van der Waals surface area contributed by atoms with Crippen molar-refractivity contribution in [3.05, 3.63) is 81.5 Å². The molecule has 0 radical (unpaired) electrons. The van der Waals surface area contributed by atoms with Crippen LogP contribution in [0.15, 0.2) is 64.8 Å². The number of hydrogen-bond acceptors (Lipinski definition) is 18. The quantitative estimate of drug-likeness (QED) is 0.0379. The van der Waals surface area contributed by atoms with Gasteiger partial charge in [-0.15, -0.1) is 0 Å². The molecular weight excluding hydrogens is 1300 g/mol. The van der Waals surface area contributed by atoms with Crippen LogP contribution in [0.5, 0.6) is 17.2 Å². The van der Waals surface area contributed by atoms with Gasteiger partial charge in [0.25, 0.3) is 0 Å². The average Bonchev–Trinajstić information content (AvgIpc) is 1.55. The number of Topliss-reactive ketones (excluding diaryl/α,β-unsaturated/α-hetero) is 2. The van der Waals surface area contributed by atoms with Crippen molar-refractivity contribution in [2.75, 3.05) is 0 Å². The standard InChI is InChI=1S/C42H70O11.C38H46O9.Na/c1-11-29(38(46)47)31-15-14-23(4)36(50-31)27(8)34(44)26(7)35(45)30(12-2)37-24(5)22-25(6)41(51-37)19-16-32(43)42(53-41)21-20-39(10,52-42)33-17-18-40(48,13-3)28(9)49-33;1-21(2)11-10-18-36(8)19-17-24-29(39)28-30(40)26-12-9-13-27-35(6,7)47-37(34(43)44,20-16-23(5)33(41)42)38(26,27)46-32(28)25(31(24)45-36)15-14-22(3)4;/h16,19,23-34,36-37,43-44,48H,11-15,17-18,20-22H2,1-10H3,(H,46,47);11-12,14,16-17,19,27,39H,9-10,13,15,18,20H2,1-8H3,(H,41,42)(H,43,44);/q;;+1/p-1. The first-order valence-corrected chi connectivity index (χ1v) is 37.0. The molecule has 20 nitrogen and oxygen atoms in total. The summed E-state index contributed by atoms with van der Waals surface area (Å²) in [6.45, 7) is 34.4. The number of allylic oxidation sites excluding steroid dienone is 5. The average molecular weight is 1420 g/mol. The molecule has 10 rings (SSSR count). The number of ketones is 2. The van der Waals surface area contributed by atoms with Crippen molar-refractivity contribution in [3.63, 3.8) is 0 Å². The summed E-state index contributed by atoms with van der Waals surface area (Å²) in [5.74, 6) is -9.77. The summed E-state index contributed by atoms with van der Waals surface area (Å²) in [5.41, 5.74) is -4.30. The Morgan fingerprint density at radius 3 is 2.07 bits per heavy atom. The fourth-order valence-electron chi connectivity index (χ4n) is 18.1. The summed E-state index contributed by atoms with van der Waals surface area (Å²) in [6, 6.07) is 0. The Bertz CT molecular complexity index is 3470. The van der Waals surface area contributed by atoms with Crippen molar-refractivity contribution < 1.29 is 127 Å². The van der Waals surface area contributed by atoms with Gasteiger partial charge in [0.15, 0.2) is 17.2 Å². The molecule has 6 N–H and O–H groups in total. The SMILES string of the molecule is CC(C)=CCCC1(C)C=Cc2c(O)c3c(c(CC=C(C)C)c2O1)OC12C(=CCCC1C(C)(C)OC2(CC=C(C)C(=O)O)C(=O)O)C3=O.CCC(C(=O)[O-])C1CCC(C)C(C(C)C(O)C(C)C(=O)C(CC)C2OC3(C=CC(O)C4(CCC(C)(C5CCC(O)(CC)C(C)O5)O4)O3)C(C)CC2C)O1.[Na+]. The van der Waals surface area contributed by atoms with Gasteiger partial charge in [-0.3, -0.25) is 9.59 Å². The van der Waals surface area contributed by atoms with E-state index in [0.29, 0.717) is 100 Å². The van der Waals surface area contributed by atoms with E-state index in [1.165, 1.54) is 18.6 Å². The molecule has 556 valence electrons. The van der Waals surface area contributed by atoms with Crippen molar-refractivity contribution in [1.82, 2.24) is 0 Å². The van der Waals surface area contributed by atoms with Crippen LogP contribution in [0.25, 0.3) is 6.08 Å². The van der Waals surface area contributed by atoms with E-state index in [9.17, 15) is 59.7 Å². The third-order valence-corrected chi connectivity index (χ3v) is 24.5. The zero-order chi connectivity index (χ0) is 73.9. The number of aliphatic hydroxyl groups excluding tert-OH is 2. The number of carbonyl (C=O) groups is 5. The van der Waals surface area contributed by atoms with Crippen LogP contribution < -0.4 is 44.1 Å². The van der Waals surface area contributed by atoms with Crippen LogP contribution in [-0.2, 0) is 54.0 Å². The molecule has 101 heavy (non-hydrogen) atoms. The van der Waals surface area contributed by atoms with E-state index in [4.69, 9.17) is 37.9 Å². The van der Waals surface area contributed by atoms with E-state index in [1.807, 2.05) is 88.3 Å². The zero-order valence-corrected chi connectivity index (χ0v) is 65.5. The normalized spacial score (nSPS) is 37.5. The summed E-state index contributed by atoms with van der Waals surface area (Å²) >= 11 is 0. The van der Waals surface area contributed by atoms with Gasteiger partial charge in [0.1, 0.15) is 40.3 Å². The van der Waals surface area contributed by atoms with Gasteiger partial charge in [-0.05, 0) is 195 Å². The van der Waals surface area contributed by atoms with Crippen LogP contribution in [0.2, 0.25) is 0 Å². The molecule has 21 heteroatoms. The van der Waals surface area contributed by atoms with Gasteiger partial charge >= 0.3 is 41.5 Å². The number of carbonyl (C=O) groups excluding carboxylic acids is 3. The summed E-state index contributed by atoms with van der Waals surface area (Å²) in [4.78, 5) is 66.3. The fourth-order valence-corrected chi connectivity index (χ4v) is 18.1. The van der Waals surface area contributed by atoms with E-state index >= 15 is 0 Å². The Hall–Kier alpha value is -4.55.